The van der Waals surface area contributed by atoms with Crippen molar-refractivity contribution in [2.75, 3.05) is 0 Å². The third-order valence-electron chi connectivity index (χ3n) is 1.64. The van der Waals surface area contributed by atoms with Crippen LogP contribution in [0.25, 0.3) is 0 Å². The molecule has 1 nitrogen and oxygen atoms in total. The van der Waals surface area contributed by atoms with E-state index < -0.39 is 0 Å². The lowest BCUT2D eigenvalue weighted by atomic mass is 10.1. The molecule has 0 aliphatic heterocycles. The van der Waals surface area contributed by atoms with Crippen molar-refractivity contribution in [2.24, 2.45) is 5.73 Å². The van der Waals surface area contributed by atoms with Crippen molar-refractivity contribution in [2.45, 2.75) is 12.5 Å². The van der Waals surface area contributed by atoms with Crippen molar-refractivity contribution in [3.05, 3.63) is 33.4 Å². The average Bonchev–Trinajstić information content (AvgIpc) is 2.05. The first-order chi connectivity index (χ1) is 5.75. The van der Waals surface area contributed by atoms with E-state index in [1.165, 1.54) is 3.57 Å². The van der Waals surface area contributed by atoms with Gasteiger partial charge in [-0.2, -0.15) is 0 Å². The lowest BCUT2D eigenvalue weighted by Gasteiger charge is -2.09. The summed E-state index contributed by atoms with van der Waals surface area (Å²) in [5.41, 5.74) is 6.99. The minimum absolute atomic E-state index is 0.0249. The van der Waals surface area contributed by atoms with Gasteiger partial charge in [-0.25, -0.2) is 0 Å². The van der Waals surface area contributed by atoms with Crippen LogP contribution in [0.5, 0.6) is 0 Å². The van der Waals surface area contributed by atoms with E-state index >= 15 is 0 Å². The van der Waals surface area contributed by atoms with Crippen LogP contribution in [0.4, 0.5) is 0 Å². The molecule has 1 atom stereocenters. The molecular formula is C10H10IN. The van der Waals surface area contributed by atoms with Crippen molar-refractivity contribution in [1.82, 2.24) is 0 Å². The molecular weight excluding hydrogens is 261 g/mol. The zero-order valence-electron chi connectivity index (χ0n) is 6.63. The average molecular weight is 271 g/mol. The highest BCUT2D eigenvalue weighted by Crippen LogP contribution is 2.19. The van der Waals surface area contributed by atoms with E-state index in [0.29, 0.717) is 6.42 Å². The minimum Gasteiger partial charge on any atom is -0.323 e. The summed E-state index contributed by atoms with van der Waals surface area (Å²) < 4.78 is 1.18. The predicted octanol–water partition coefficient (Wildman–Crippen LogP) is 2.31. The van der Waals surface area contributed by atoms with Gasteiger partial charge in [0.25, 0.3) is 0 Å². The molecule has 12 heavy (non-hydrogen) atoms. The molecule has 0 aromatic heterocycles. The molecule has 1 aromatic rings. The second-order valence-electron chi connectivity index (χ2n) is 2.54. The van der Waals surface area contributed by atoms with Crippen molar-refractivity contribution < 1.29 is 0 Å². The Kier molecular flexibility index (Phi) is 3.57. The first-order valence-corrected chi connectivity index (χ1v) is 4.77. The summed E-state index contributed by atoms with van der Waals surface area (Å²) in [6, 6.07) is 8.00. The first-order valence-electron chi connectivity index (χ1n) is 3.69. The largest absolute Gasteiger partial charge is 0.323 e. The molecule has 0 saturated carbocycles. The van der Waals surface area contributed by atoms with Crippen LogP contribution in [-0.4, -0.2) is 0 Å². The van der Waals surface area contributed by atoms with Gasteiger partial charge in [0.2, 0.25) is 0 Å². The molecule has 2 N–H and O–H groups in total. The highest BCUT2D eigenvalue weighted by atomic mass is 127. The van der Waals surface area contributed by atoms with Gasteiger partial charge in [-0.05, 0) is 34.2 Å². The van der Waals surface area contributed by atoms with E-state index in [1.807, 2.05) is 24.3 Å². The lowest BCUT2D eigenvalue weighted by Crippen LogP contribution is -2.10. The van der Waals surface area contributed by atoms with Gasteiger partial charge in [-0.15, -0.1) is 12.3 Å². The number of halogens is 1. The Bertz CT molecular complexity index is 301. The second-order valence-corrected chi connectivity index (χ2v) is 3.70. The van der Waals surface area contributed by atoms with Gasteiger partial charge in [0.15, 0.2) is 0 Å². The van der Waals surface area contributed by atoms with E-state index in [1.54, 1.807) is 0 Å². The van der Waals surface area contributed by atoms with Crippen LogP contribution >= 0.6 is 22.6 Å². The van der Waals surface area contributed by atoms with Gasteiger partial charge < -0.3 is 5.73 Å². The predicted molar refractivity (Wildman–Crippen MR) is 59.5 cm³/mol. The van der Waals surface area contributed by atoms with E-state index in [0.717, 1.165) is 5.56 Å². The fourth-order valence-corrected chi connectivity index (χ4v) is 1.80. The summed E-state index contributed by atoms with van der Waals surface area (Å²) in [6.07, 6.45) is 5.78. The third kappa shape index (κ3) is 2.23. The maximum Gasteiger partial charge on any atom is 0.0416 e. The van der Waals surface area contributed by atoms with E-state index in [4.69, 9.17) is 12.2 Å². The van der Waals surface area contributed by atoms with Crippen LogP contribution in [0.15, 0.2) is 24.3 Å². The number of benzene rings is 1. The zero-order valence-corrected chi connectivity index (χ0v) is 8.78. The van der Waals surface area contributed by atoms with Crippen LogP contribution in [0, 0.1) is 15.9 Å². The monoisotopic (exact) mass is 271 g/mol. The number of terminal acetylenes is 1. The van der Waals surface area contributed by atoms with Gasteiger partial charge in [0.1, 0.15) is 0 Å². The van der Waals surface area contributed by atoms with Crippen LogP contribution in [0.2, 0.25) is 0 Å². The highest BCUT2D eigenvalue weighted by molar-refractivity contribution is 14.1. The topological polar surface area (TPSA) is 26.0 Å². The second kappa shape index (κ2) is 4.48. The van der Waals surface area contributed by atoms with Crippen LogP contribution in [0.1, 0.15) is 18.0 Å². The van der Waals surface area contributed by atoms with Crippen LogP contribution in [-0.2, 0) is 0 Å². The van der Waals surface area contributed by atoms with Crippen LogP contribution in [0.3, 0.4) is 0 Å². The van der Waals surface area contributed by atoms with Crippen LogP contribution < -0.4 is 5.73 Å². The Morgan fingerprint density at radius 1 is 1.50 bits per heavy atom. The fourth-order valence-electron chi connectivity index (χ4n) is 1.01. The third-order valence-corrected chi connectivity index (χ3v) is 2.62. The Hall–Kier alpha value is -0.530. The Morgan fingerprint density at radius 3 is 2.75 bits per heavy atom. The highest BCUT2D eigenvalue weighted by Gasteiger charge is 2.06. The summed E-state index contributed by atoms with van der Waals surface area (Å²) in [7, 11) is 0. The maximum atomic E-state index is 5.86. The van der Waals surface area contributed by atoms with Gasteiger partial charge in [-0.1, -0.05) is 18.2 Å². The molecule has 62 valence electrons. The van der Waals surface area contributed by atoms with E-state index in [2.05, 4.69) is 28.5 Å². The standard InChI is InChI=1S/C10H10IN/c1-2-5-10(12)8-6-3-4-7-9(8)11/h1,3-4,6-7,10H,5,12H2. The minimum atomic E-state index is -0.0249. The first kappa shape index (κ1) is 9.56. The van der Waals surface area contributed by atoms with Gasteiger partial charge in [-0.3, -0.25) is 0 Å². The van der Waals surface area contributed by atoms with E-state index in [9.17, 15) is 0 Å². The molecule has 0 radical (unpaired) electrons. The smallest absolute Gasteiger partial charge is 0.0416 e. The molecule has 1 aromatic carbocycles. The molecule has 0 amide bonds. The molecule has 1 rings (SSSR count). The molecule has 0 aliphatic carbocycles. The van der Waals surface area contributed by atoms with E-state index in [-0.39, 0.29) is 6.04 Å². The molecule has 1 unspecified atom stereocenters. The molecule has 0 bridgehead atoms. The summed E-state index contributed by atoms with van der Waals surface area (Å²) >= 11 is 2.27. The molecule has 0 heterocycles. The maximum absolute atomic E-state index is 5.86. The molecule has 0 fully saturated rings. The fraction of sp³-hybridized carbons (Fsp3) is 0.200. The van der Waals surface area contributed by atoms with Gasteiger partial charge in [0.05, 0.1) is 0 Å². The number of hydrogen-bond donors (Lipinski definition) is 1. The molecule has 0 aliphatic rings. The Balaban J connectivity index is 2.88. The van der Waals surface area contributed by atoms with Crippen molar-refractivity contribution in [3.63, 3.8) is 0 Å². The molecule has 0 saturated heterocycles. The normalized spacial score (nSPS) is 12.1. The van der Waals surface area contributed by atoms with Crippen molar-refractivity contribution in [1.29, 1.82) is 0 Å². The zero-order chi connectivity index (χ0) is 8.97. The SMILES string of the molecule is C#CCC(N)c1ccccc1I. The summed E-state index contributed by atoms with van der Waals surface area (Å²) in [4.78, 5) is 0. The van der Waals surface area contributed by atoms with Gasteiger partial charge >= 0.3 is 0 Å². The number of rotatable bonds is 2. The molecule has 0 spiro atoms. The Labute approximate surface area is 86.5 Å². The van der Waals surface area contributed by atoms with Gasteiger partial charge in [0, 0.05) is 16.0 Å². The lowest BCUT2D eigenvalue weighted by molar-refractivity contribution is 0.750. The molecule has 2 heteroatoms. The summed E-state index contributed by atoms with van der Waals surface area (Å²) in [5.74, 6) is 2.56. The Morgan fingerprint density at radius 2 is 2.17 bits per heavy atom. The van der Waals surface area contributed by atoms with Crippen molar-refractivity contribution >= 4 is 22.6 Å². The summed E-state index contributed by atoms with van der Waals surface area (Å²) in [5, 5.41) is 0. The number of nitrogens with two attached hydrogens (primary N) is 1. The number of hydrogen-bond acceptors (Lipinski definition) is 1. The quantitative estimate of drug-likeness (QED) is 0.648. The van der Waals surface area contributed by atoms with Crippen molar-refractivity contribution in [3.8, 4) is 12.3 Å². The summed E-state index contributed by atoms with van der Waals surface area (Å²) in [6.45, 7) is 0.